The van der Waals surface area contributed by atoms with E-state index in [1.807, 2.05) is 33.0 Å². The molecule has 1 saturated carbocycles. The SMILES string of the molecule is CC(C)(C)[S@@](=O)N[C@@H]1c2cccnc2CC12CCCCC2. The molecule has 2 atom stereocenters. The number of pyridine rings is 1. The van der Waals surface area contributed by atoms with E-state index in [0.717, 1.165) is 6.42 Å². The second-order valence-electron chi connectivity index (χ2n) is 7.57. The molecule has 0 unspecified atom stereocenters. The zero-order valence-electron chi connectivity index (χ0n) is 13.3. The highest BCUT2D eigenvalue weighted by Gasteiger charge is 2.48. The predicted molar refractivity (Wildman–Crippen MR) is 87.2 cm³/mol. The number of fused-ring (bicyclic) bond motifs is 1. The maximum absolute atomic E-state index is 12.6. The minimum absolute atomic E-state index is 0.196. The molecule has 0 radical (unpaired) electrons. The van der Waals surface area contributed by atoms with E-state index in [4.69, 9.17) is 0 Å². The van der Waals surface area contributed by atoms with Crippen molar-refractivity contribution in [2.75, 3.05) is 0 Å². The van der Waals surface area contributed by atoms with Crippen LogP contribution < -0.4 is 4.72 Å². The number of nitrogens with zero attached hydrogens (tertiary/aromatic N) is 1. The average molecular weight is 306 g/mol. The highest BCUT2D eigenvalue weighted by molar-refractivity contribution is 7.84. The first-order valence-corrected chi connectivity index (χ1v) is 9.19. The molecule has 116 valence electrons. The van der Waals surface area contributed by atoms with Crippen molar-refractivity contribution in [2.45, 2.75) is 70.1 Å². The van der Waals surface area contributed by atoms with Crippen molar-refractivity contribution in [3.8, 4) is 0 Å². The Balaban J connectivity index is 1.94. The number of hydrogen-bond acceptors (Lipinski definition) is 2. The summed E-state index contributed by atoms with van der Waals surface area (Å²) in [6.45, 7) is 6.09. The summed E-state index contributed by atoms with van der Waals surface area (Å²) >= 11 is 0. The van der Waals surface area contributed by atoms with Crippen LogP contribution in [0.1, 0.15) is 70.2 Å². The van der Waals surface area contributed by atoms with Gasteiger partial charge in [-0.3, -0.25) is 4.98 Å². The van der Waals surface area contributed by atoms with Crippen molar-refractivity contribution in [2.24, 2.45) is 5.41 Å². The molecule has 3 nitrogen and oxygen atoms in total. The third kappa shape index (κ3) is 2.80. The van der Waals surface area contributed by atoms with Crippen LogP contribution in [0.25, 0.3) is 0 Å². The molecule has 0 bridgehead atoms. The lowest BCUT2D eigenvalue weighted by molar-refractivity contribution is 0.153. The maximum Gasteiger partial charge on any atom is 0.0976 e. The van der Waals surface area contributed by atoms with Crippen molar-refractivity contribution in [3.05, 3.63) is 29.6 Å². The Hall–Kier alpha value is -0.740. The molecular formula is C17H26N2OS. The van der Waals surface area contributed by atoms with Gasteiger partial charge >= 0.3 is 0 Å². The Morgan fingerprint density at radius 1 is 1.29 bits per heavy atom. The van der Waals surface area contributed by atoms with Gasteiger partial charge in [0.25, 0.3) is 0 Å². The van der Waals surface area contributed by atoms with Crippen LogP contribution in [0.3, 0.4) is 0 Å². The molecule has 1 N–H and O–H groups in total. The summed E-state index contributed by atoms with van der Waals surface area (Å²) in [5.74, 6) is 0. The largest absolute Gasteiger partial charge is 0.261 e. The monoisotopic (exact) mass is 306 g/mol. The zero-order valence-corrected chi connectivity index (χ0v) is 14.1. The molecule has 0 aliphatic heterocycles. The van der Waals surface area contributed by atoms with Gasteiger partial charge in [0.2, 0.25) is 0 Å². The van der Waals surface area contributed by atoms with Crippen LogP contribution in [0.15, 0.2) is 18.3 Å². The van der Waals surface area contributed by atoms with E-state index in [2.05, 4.69) is 15.8 Å². The van der Waals surface area contributed by atoms with E-state index in [-0.39, 0.29) is 16.2 Å². The molecule has 1 spiro atoms. The number of rotatable bonds is 2. The second kappa shape index (κ2) is 5.47. The smallest absolute Gasteiger partial charge is 0.0976 e. The van der Waals surface area contributed by atoms with E-state index < -0.39 is 11.0 Å². The van der Waals surface area contributed by atoms with Crippen molar-refractivity contribution >= 4 is 11.0 Å². The van der Waals surface area contributed by atoms with E-state index in [0.29, 0.717) is 0 Å². The third-order valence-electron chi connectivity index (χ3n) is 5.00. The quantitative estimate of drug-likeness (QED) is 0.905. The van der Waals surface area contributed by atoms with Gasteiger partial charge in [0.05, 0.1) is 21.8 Å². The molecule has 4 heteroatoms. The number of hydrogen-bond donors (Lipinski definition) is 1. The fourth-order valence-corrected chi connectivity index (χ4v) is 4.76. The van der Waals surface area contributed by atoms with Crippen molar-refractivity contribution in [3.63, 3.8) is 0 Å². The summed E-state index contributed by atoms with van der Waals surface area (Å²) in [6, 6.07) is 4.38. The van der Waals surface area contributed by atoms with Gasteiger partial charge in [0, 0.05) is 11.9 Å². The van der Waals surface area contributed by atoms with Crippen LogP contribution >= 0.6 is 0 Å². The first kappa shape index (κ1) is 15.2. The number of aromatic nitrogens is 1. The fraction of sp³-hybridized carbons (Fsp3) is 0.706. The van der Waals surface area contributed by atoms with E-state index in [1.165, 1.54) is 43.4 Å². The lowest BCUT2D eigenvalue weighted by Gasteiger charge is -2.40. The minimum Gasteiger partial charge on any atom is -0.261 e. The highest BCUT2D eigenvalue weighted by Crippen LogP contribution is 2.53. The Labute approximate surface area is 130 Å². The maximum atomic E-state index is 12.6. The molecule has 1 heterocycles. The van der Waals surface area contributed by atoms with Crippen LogP contribution in [-0.4, -0.2) is 13.9 Å². The van der Waals surface area contributed by atoms with Crippen LogP contribution in [0.5, 0.6) is 0 Å². The summed E-state index contributed by atoms with van der Waals surface area (Å²) in [5.41, 5.74) is 2.72. The normalized spacial score (nSPS) is 25.8. The third-order valence-corrected chi connectivity index (χ3v) is 6.56. The topological polar surface area (TPSA) is 42.0 Å². The molecule has 0 aromatic carbocycles. The Bertz CT molecular complexity index is 544. The van der Waals surface area contributed by atoms with Crippen LogP contribution in [0, 0.1) is 5.41 Å². The summed E-state index contributed by atoms with van der Waals surface area (Å²) in [7, 11) is -1.04. The van der Waals surface area contributed by atoms with Crippen molar-refractivity contribution in [1.29, 1.82) is 0 Å². The van der Waals surface area contributed by atoms with Gasteiger partial charge in [-0.15, -0.1) is 0 Å². The zero-order chi connectivity index (χ0) is 15.1. The van der Waals surface area contributed by atoms with Crippen molar-refractivity contribution < 1.29 is 4.21 Å². The van der Waals surface area contributed by atoms with E-state index in [9.17, 15) is 4.21 Å². The van der Waals surface area contributed by atoms with Crippen molar-refractivity contribution in [1.82, 2.24) is 9.71 Å². The van der Waals surface area contributed by atoms with Crippen LogP contribution in [0.2, 0.25) is 0 Å². The second-order valence-corrected chi connectivity index (χ2v) is 9.57. The molecular weight excluding hydrogens is 280 g/mol. The Morgan fingerprint density at radius 2 is 2.00 bits per heavy atom. The van der Waals surface area contributed by atoms with E-state index >= 15 is 0 Å². The van der Waals surface area contributed by atoms with E-state index in [1.54, 1.807) is 0 Å². The van der Waals surface area contributed by atoms with Crippen LogP contribution in [-0.2, 0) is 17.4 Å². The van der Waals surface area contributed by atoms with Gasteiger partial charge in [-0.05, 0) is 57.1 Å². The molecule has 2 aliphatic carbocycles. The first-order valence-electron chi connectivity index (χ1n) is 8.04. The summed E-state index contributed by atoms with van der Waals surface area (Å²) < 4.78 is 15.9. The molecule has 0 saturated heterocycles. The summed E-state index contributed by atoms with van der Waals surface area (Å²) in [5, 5.41) is 0. The molecule has 1 aromatic rings. The fourth-order valence-electron chi connectivity index (χ4n) is 3.82. The predicted octanol–water partition coefficient (Wildman–Crippen LogP) is 3.68. The van der Waals surface area contributed by atoms with Gasteiger partial charge < -0.3 is 0 Å². The lowest BCUT2D eigenvalue weighted by atomic mass is 9.70. The lowest BCUT2D eigenvalue weighted by Crippen LogP contribution is -2.42. The molecule has 0 amide bonds. The van der Waals surface area contributed by atoms with Gasteiger partial charge in [-0.2, -0.15) is 0 Å². The molecule has 3 rings (SSSR count). The van der Waals surface area contributed by atoms with Crippen LogP contribution in [0.4, 0.5) is 0 Å². The highest BCUT2D eigenvalue weighted by atomic mass is 32.2. The molecule has 2 aliphatic rings. The Kier molecular flexibility index (Phi) is 3.95. The standard InChI is InChI=1S/C17H26N2OS/c1-16(2,3)21(20)19-15-13-8-7-11-18-14(13)12-17(15)9-5-4-6-10-17/h7-8,11,15,19H,4-6,9-10,12H2,1-3H3/t15-,21-/m1/s1. The average Bonchev–Trinajstić information content (AvgIpc) is 2.72. The van der Waals surface area contributed by atoms with Gasteiger partial charge in [0.1, 0.15) is 0 Å². The minimum atomic E-state index is -1.04. The number of nitrogens with one attached hydrogen (secondary N) is 1. The molecule has 21 heavy (non-hydrogen) atoms. The molecule has 1 fully saturated rings. The summed E-state index contributed by atoms with van der Waals surface area (Å²) in [4.78, 5) is 4.59. The Morgan fingerprint density at radius 3 is 2.67 bits per heavy atom. The molecule has 1 aromatic heterocycles. The van der Waals surface area contributed by atoms with Gasteiger partial charge in [-0.25, -0.2) is 8.93 Å². The van der Waals surface area contributed by atoms with Gasteiger partial charge in [0.15, 0.2) is 0 Å². The van der Waals surface area contributed by atoms with Gasteiger partial charge in [-0.1, -0.05) is 25.3 Å². The first-order chi connectivity index (χ1) is 9.92. The summed E-state index contributed by atoms with van der Waals surface area (Å²) in [6.07, 6.45) is 9.29.